The molecule has 2 heterocycles. The number of benzene rings is 2. The van der Waals surface area contributed by atoms with E-state index >= 15 is 0 Å². The third-order valence-corrected chi connectivity index (χ3v) is 4.94. The van der Waals surface area contributed by atoms with Crippen LogP contribution in [-0.4, -0.2) is 48.7 Å². The van der Waals surface area contributed by atoms with Crippen molar-refractivity contribution in [3.8, 4) is 0 Å². The first kappa shape index (κ1) is 21.4. The average Bonchev–Trinajstić information content (AvgIpc) is 2.73. The van der Waals surface area contributed by atoms with E-state index in [1.54, 1.807) is 0 Å². The fourth-order valence-corrected chi connectivity index (χ4v) is 3.73. The molecular formula is C23H22N2O7. The first-order valence-corrected chi connectivity index (χ1v) is 10.1. The van der Waals surface area contributed by atoms with Gasteiger partial charge in [-0.1, -0.05) is 24.3 Å². The smallest absolute Gasteiger partial charge is 0.303 e. The Morgan fingerprint density at radius 2 is 1.72 bits per heavy atom. The number of carbonyl (C=O) groups is 3. The number of rotatable bonds is 5. The fourth-order valence-electron chi connectivity index (χ4n) is 3.73. The average molecular weight is 438 g/mol. The van der Waals surface area contributed by atoms with E-state index in [1.165, 1.54) is 26.8 Å². The number of carbonyl (C=O) groups excluding carboxylic acids is 3. The van der Waals surface area contributed by atoms with Crippen LogP contribution < -0.4 is 5.32 Å². The van der Waals surface area contributed by atoms with Gasteiger partial charge in [-0.2, -0.15) is 0 Å². The molecule has 3 atom stereocenters. The van der Waals surface area contributed by atoms with Crippen LogP contribution in [0.15, 0.2) is 53.2 Å². The minimum atomic E-state index is -1.00. The van der Waals surface area contributed by atoms with Crippen molar-refractivity contribution < 1.29 is 33.3 Å². The lowest BCUT2D eigenvalue weighted by molar-refractivity contribution is -0.179. The van der Waals surface area contributed by atoms with Gasteiger partial charge in [-0.15, -0.1) is 0 Å². The van der Waals surface area contributed by atoms with Gasteiger partial charge in [0.2, 0.25) is 0 Å². The number of ether oxygens (including phenoxy) is 4. The normalized spacial score (nSPS) is 21.4. The van der Waals surface area contributed by atoms with E-state index in [0.29, 0.717) is 5.84 Å². The summed E-state index contributed by atoms with van der Waals surface area (Å²) in [4.78, 5) is 39.4. The maximum Gasteiger partial charge on any atom is 0.303 e. The molecular weight excluding hydrogens is 416 g/mol. The van der Waals surface area contributed by atoms with Gasteiger partial charge in [0.1, 0.15) is 6.61 Å². The Morgan fingerprint density at radius 3 is 2.41 bits per heavy atom. The topological polar surface area (TPSA) is 113 Å². The lowest BCUT2D eigenvalue weighted by Gasteiger charge is -2.36. The van der Waals surface area contributed by atoms with Gasteiger partial charge in [0.15, 0.2) is 29.9 Å². The predicted octanol–water partition coefficient (Wildman–Crippen LogP) is 3.00. The second-order valence-electron chi connectivity index (χ2n) is 7.40. The molecule has 9 heteroatoms. The van der Waals surface area contributed by atoms with Crippen LogP contribution in [0, 0.1) is 0 Å². The van der Waals surface area contributed by atoms with Crippen molar-refractivity contribution in [2.75, 3.05) is 11.9 Å². The zero-order chi connectivity index (χ0) is 22.8. The van der Waals surface area contributed by atoms with Gasteiger partial charge in [0.25, 0.3) is 0 Å². The van der Waals surface area contributed by atoms with E-state index in [0.717, 1.165) is 22.1 Å². The van der Waals surface area contributed by atoms with Crippen molar-refractivity contribution in [3.63, 3.8) is 0 Å². The maximum absolute atomic E-state index is 11.7. The molecule has 0 fully saturated rings. The molecule has 2 aromatic rings. The summed E-state index contributed by atoms with van der Waals surface area (Å²) in [5, 5.41) is 5.26. The molecule has 2 aromatic carbocycles. The molecule has 0 aromatic heterocycles. The monoisotopic (exact) mass is 438 g/mol. The Hall–Kier alpha value is -3.88. The van der Waals surface area contributed by atoms with E-state index in [9.17, 15) is 14.4 Å². The molecule has 32 heavy (non-hydrogen) atoms. The summed E-state index contributed by atoms with van der Waals surface area (Å²) in [6.45, 7) is 3.54. The maximum atomic E-state index is 11.7. The zero-order valence-corrected chi connectivity index (χ0v) is 17.8. The standard InChI is InChI=1S/C23H22N2O7/c1-12(26)29-11-20-22(31-14(3)28)18(30-13(2)27)10-19(32-20)23-24-16-8-4-6-15-7-5-9-17(25-23)21(15)16/h4-10,18,20,22H,11H2,1-3H3,(H,24,25)/t18-,20-,22+/m1/s1. The number of esters is 3. The summed E-state index contributed by atoms with van der Waals surface area (Å²) in [6.07, 6.45) is -1.35. The van der Waals surface area contributed by atoms with Crippen LogP contribution in [0.2, 0.25) is 0 Å². The Bertz CT molecular complexity index is 1150. The van der Waals surface area contributed by atoms with E-state index in [1.807, 2.05) is 36.4 Å². The van der Waals surface area contributed by atoms with Gasteiger partial charge in [-0.05, 0) is 17.5 Å². The van der Waals surface area contributed by atoms with Crippen molar-refractivity contribution >= 4 is 45.9 Å². The number of amidine groups is 1. The van der Waals surface area contributed by atoms with Gasteiger partial charge in [0, 0.05) is 37.9 Å². The van der Waals surface area contributed by atoms with Crippen LogP contribution >= 0.6 is 0 Å². The molecule has 0 spiro atoms. The summed E-state index contributed by atoms with van der Waals surface area (Å²) < 4.78 is 21.9. The van der Waals surface area contributed by atoms with Crippen molar-refractivity contribution in [2.45, 2.75) is 39.1 Å². The highest BCUT2D eigenvalue weighted by Crippen LogP contribution is 2.37. The van der Waals surface area contributed by atoms with Gasteiger partial charge in [0.05, 0.1) is 5.69 Å². The molecule has 0 aliphatic carbocycles. The van der Waals surface area contributed by atoms with E-state index in [4.69, 9.17) is 18.9 Å². The summed E-state index contributed by atoms with van der Waals surface area (Å²) in [6, 6.07) is 11.6. The van der Waals surface area contributed by atoms with Gasteiger partial charge in [-0.25, -0.2) is 4.99 Å². The lowest BCUT2D eigenvalue weighted by atomic mass is 10.0. The second-order valence-corrected chi connectivity index (χ2v) is 7.40. The zero-order valence-electron chi connectivity index (χ0n) is 17.8. The Labute approximate surface area is 184 Å². The molecule has 0 radical (unpaired) electrons. The van der Waals surface area contributed by atoms with Crippen LogP contribution in [0.1, 0.15) is 20.8 Å². The highest BCUT2D eigenvalue weighted by molar-refractivity contribution is 6.18. The summed E-state index contributed by atoms with van der Waals surface area (Å²) in [7, 11) is 0. The predicted molar refractivity (Wildman–Crippen MR) is 115 cm³/mol. The van der Waals surface area contributed by atoms with Gasteiger partial charge in [-0.3, -0.25) is 14.4 Å². The third-order valence-electron chi connectivity index (χ3n) is 4.94. The highest BCUT2D eigenvalue weighted by Gasteiger charge is 2.41. The third kappa shape index (κ3) is 4.41. The molecule has 166 valence electrons. The van der Waals surface area contributed by atoms with Crippen LogP contribution in [0.4, 0.5) is 11.4 Å². The molecule has 2 aliphatic heterocycles. The van der Waals surface area contributed by atoms with E-state index < -0.39 is 36.2 Å². The summed E-state index contributed by atoms with van der Waals surface area (Å²) >= 11 is 0. The van der Waals surface area contributed by atoms with Crippen LogP contribution in [-0.2, 0) is 33.3 Å². The van der Waals surface area contributed by atoms with Crippen molar-refractivity contribution in [2.24, 2.45) is 4.99 Å². The van der Waals surface area contributed by atoms with E-state index in [2.05, 4.69) is 10.3 Å². The quantitative estimate of drug-likeness (QED) is 0.560. The Morgan fingerprint density at radius 1 is 1.00 bits per heavy atom. The molecule has 9 nitrogen and oxygen atoms in total. The molecule has 0 unspecified atom stereocenters. The molecule has 0 amide bonds. The lowest BCUT2D eigenvalue weighted by Crippen LogP contribution is -2.49. The minimum absolute atomic E-state index is 0.207. The van der Waals surface area contributed by atoms with Gasteiger partial charge >= 0.3 is 17.9 Å². The number of anilines is 1. The number of nitrogens with zero attached hydrogens (tertiary/aromatic N) is 1. The minimum Gasteiger partial charge on any atom is -0.479 e. The van der Waals surface area contributed by atoms with Crippen molar-refractivity contribution in [1.82, 2.24) is 0 Å². The highest BCUT2D eigenvalue weighted by atomic mass is 16.6. The molecule has 1 N–H and O–H groups in total. The summed E-state index contributed by atoms with van der Waals surface area (Å²) in [5.74, 6) is -1.01. The number of nitrogens with one attached hydrogen (secondary N) is 1. The molecule has 0 saturated heterocycles. The Balaban J connectivity index is 1.73. The van der Waals surface area contributed by atoms with Crippen LogP contribution in [0.3, 0.4) is 0 Å². The van der Waals surface area contributed by atoms with Gasteiger partial charge < -0.3 is 24.3 Å². The number of hydrogen-bond donors (Lipinski definition) is 1. The van der Waals surface area contributed by atoms with Crippen LogP contribution in [0.5, 0.6) is 0 Å². The van der Waals surface area contributed by atoms with Crippen molar-refractivity contribution in [3.05, 3.63) is 48.2 Å². The van der Waals surface area contributed by atoms with Crippen LogP contribution in [0.25, 0.3) is 10.8 Å². The summed E-state index contributed by atoms with van der Waals surface area (Å²) in [5.41, 5.74) is 1.59. The van der Waals surface area contributed by atoms with E-state index in [-0.39, 0.29) is 12.4 Å². The number of hydrogen-bond acceptors (Lipinski definition) is 9. The fraction of sp³-hybridized carbons (Fsp3) is 0.304. The number of aliphatic imine (C=N–C) groups is 1. The second kappa shape index (κ2) is 8.70. The Kier molecular flexibility index (Phi) is 5.81. The molecule has 0 bridgehead atoms. The first-order valence-electron chi connectivity index (χ1n) is 10.1. The molecule has 4 rings (SSSR count). The molecule has 0 saturated carbocycles. The molecule has 2 aliphatic rings. The first-order chi connectivity index (χ1) is 15.3. The largest absolute Gasteiger partial charge is 0.479 e. The van der Waals surface area contributed by atoms with Crippen molar-refractivity contribution in [1.29, 1.82) is 0 Å². The SMILES string of the molecule is CC(=O)OC[C@H]1OC(C2=Nc3cccc4cccc(c34)N2)=C[C@@H](OC(C)=O)[C@@H]1OC(C)=O.